The Hall–Kier alpha value is -1.34. The minimum atomic E-state index is -0.154. The number of hydrogen-bond donors (Lipinski definition) is 1. The summed E-state index contributed by atoms with van der Waals surface area (Å²) in [4.78, 5) is 19.5. The van der Waals surface area contributed by atoms with Crippen molar-refractivity contribution in [1.29, 1.82) is 0 Å². The molecule has 2 rings (SSSR count). The van der Waals surface area contributed by atoms with Crippen LogP contribution in [0.4, 0.5) is 0 Å². The van der Waals surface area contributed by atoms with Crippen molar-refractivity contribution in [3.8, 4) is 0 Å². The zero-order valence-electron chi connectivity index (χ0n) is 7.94. The van der Waals surface area contributed by atoms with Gasteiger partial charge in [0.25, 0.3) is 5.78 Å². The van der Waals surface area contributed by atoms with E-state index in [2.05, 4.69) is 36.3 Å². The van der Waals surface area contributed by atoms with Crippen molar-refractivity contribution in [3.63, 3.8) is 0 Å². The maximum Gasteiger partial charge on any atom is 0.252 e. The van der Waals surface area contributed by atoms with Gasteiger partial charge < -0.3 is 5.32 Å². The van der Waals surface area contributed by atoms with Crippen molar-refractivity contribution in [2.24, 2.45) is 0 Å². The molecule has 0 aliphatic heterocycles. The molecule has 0 aromatic carbocycles. The van der Waals surface area contributed by atoms with E-state index in [-0.39, 0.29) is 18.2 Å². The van der Waals surface area contributed by atoms with Gasteiger partial charge in [0.15, 0.2) is 0 Å². The van der Waals surface area contributed by atoms with Crippen LogP contribution in [0, 0.1) is 0 Å². The van der Waals surface area contributed by atoms with Crippen LogP contribution in [-0.4, -0.2) is 39.0 Å². The molecule has 0 spiro atoms. The number of rotatable bonds is 3. The molecule has 6 nitrogen and oxygen atoms in total. The molecule has 0 aliphatic rings. The number of halogens is 1. The third-order valence-corrected chi connectivity index (χ3v) is 2.16. The topological polar surface area (TPSA) is 72.2 Å². The van der Waals surface area contributed by atoms with Crippen molar-refractivity contribution in [2.75, 3.05) is 13.6 Å². The van der Waals surface area contributed by atoms with Crippen LogP contribution in [0.2, 0.25) is 0 Å². The minimum absolute atomic E-state index is 0.154. The number of fused-ring (bicyclic) bond motifs is 1. The first-order valence-electron chi connectivity index (χ1n) is 4.26. The van der Waals surface area contributed by atoms with Gasteiger partial charge in [-0.05, 0) is 23.0 Å². The molecule has 78 valence electrons. The van der Waals surface area contributed by atoms with Crippen molar-refractivity contribution in [2.45, 2.75) is 0 Å². The van der Waals surface area contributed by atoms with Crippen molar-refractivity contribution in [1.82, 2.24) is 24.9 Å². The summed E-state index contributed by atoms with van der Waals surface area (Å²) >= 11 is 3.26. The number of aromatic nitrogens is 4. The molecule has 0 radical (unpaired) electrons. The Bertz CT molecular complexity index is 509. The molecule has 0 saturated carbocycles. The number of hydrogen-bond acceptors (Lipinski definition) is 5. The van der Waals surface area contributed by atoms with E-state index in [0.29, 0.717) is 5.78 Å². The fraction of sp³-hybridized carbons (Fsp3) is 0.250. The summed E-state index contributed by atoms with van der Waals surface area (Å²) in [6, 6.07) is 0. The zero-order valence-corrected chi connectivity index (χ0v) is 9.52. The maximum atomic E-state index is 11.5. The minimum Gasteiger partial charge on any atom is -0.313 e. The van der Waals surface area contributed by atoms with E-state index < -0.39 is 0 Å². The SMILES string of the molecule is CNCC(=O)c1nc2ncc(Br)cn2n1. The van der Waals surface area contributed by atoms with Crippen LogP contribution >= 0.6 is 15.9 Å². The molecule has 0 saturated heterocycles. The fourth-order valence-electron chi connectivity index (χ4n) is 1.12. The van der Waals surface area contributed by atoms with Gasteiger partial charge >= 0.3 is 0 Å². The number of nitrogens with zero attached hydrogens (tertiary/aromatic N) is 4. The second kappa shape index (κ2) is 4.03. The summed E-state index contributed by atoms with van der Waals surface area (Å²) in [5.41, 5.74) is 0. The highest BCUT2D eigenvalue weighted by Gasteiger charge is 2.12. The number of ketones is 1. The van der Waals surface area contributed by atoms with Gasteiger partial charge in [0, 0.05) is 12.4 Å². The predicted molar refractivity (Wildman–Crippen MR) is 56.7 cm³/mol. The predicted octanol–water partition coefficient (Wildman–Crippen LogP) is 0.289. The molecule has 0 bridgehead atoms. The van der Waals surface area contributed by atoms with Crippen molar-refractivity contribution < 1.29 is 4.79 Å². The van der Waals surface area contributed by atoms with E-state index in [4.69, 9.17) is 0 Å². The largest absolute Gasteiger partial charge is 0.313 e. The molecule has 0 aliphatic carbocycles. The van der Waals surface area contributed by atoms with Gasteiger partial charge in [0.2, 0.25) is 11.6 Å². The highest BCUT2D eigenvalue weighted by Crippen LogP contribution is 2.07. The molecule has 1 N–H and O–H groups in total. The van der Waals surface area contributed by atoms with E-state index in [1.165, 1.54) is 4.52 Å². The van der Waals surface area contributed by atoms with Crippen LogP contribution in [-0.2, 0) is 0 Å². The molecule has 0 amide bonds. The Morgan fingerprint density at radius 3 is 3.20 bits per heavy atom. The highest BCUT2D eigenvalue weighted by atomic mass is 79.9. The van der Waals surface area contributed by atoms with Crippen LogP contribution in [0.5, 0.6) is 0 Å². The Morgan fingerprint density at radius 1 is 1.67 bits per heavy atom. The molecule has 2 aromatic heterocycles. The van der Waals surface area contributed by atoms with Gasteiger partial charge in [-0.15, -0.1) is 5.10 Å². The van der Waals surface area contributed by atoms with E-state index in [1.54, 1.807) is 19.4 Å². The lowest BCUT2D eigenvalue weighted by atomic mass is 10.4. The number of Topliss-reactive ketones (excluding diaryl/α,β-unsaturated/α-hetero) is 1. The first-order chi connectivity index (χ1) is 7.20. The molecule has 0 atom stereocenters. The standard InChI is InChI=1S/C8H8BrN5O/c1-10-3-6(15)7-12-8-11-2-5(9)4-14(8)13-7/h2,4,10H,3H2,1H3. The number of likely N-dealkylation sites (N-methyl/N-ethyl adjacent to an activating group) is 1. The van der Waals surface area contributed by atoms with Crippen LogP contribution in [0.1, 0.15) is 10.6 Å². The van der Waals surface area contributed by atoms with Crippen molar-refractivity contribution >= 4 is 27.5 Å². The summed E-state index contributed by atoms with van der Waals surface area (Å²) in [5.74, 6) is 0.437. The second-order valence-corrected chi connectivity index (χ2v) is 3.82. The molecule has 0 unspecified atom stereocenters. The lowest BCUT2D eigenvalue weighted by molar-refractivity contribution is 0.0984. The third-order valence-electron chi connectivity index (χ3n) is 1.75. The van der Waals surface area contributed by atoms with E-state index >= 15 is 0 Å². The third kappa shape index (κ3) is 2.02. The molecular formula is C8H8BrN5O. The Balaban J connectivity index is 2.42. The van der Waals surface area contributed by atoms with Gasteiger partial charge in [-0.2, -0.15) is 4.98 Å². The summed E-state index contributed by atoms with van der Waals surface area (Å²) in [7, 11) is 1.70. The normalized spacial score (nSPS) is 10.8. The Morgan fingerprint density at radius 2 is 2.47 bits per heavy atom. The van der Waals surface area contributed by atoms with Crippen LogP contribution in [0.15, 0.2) is 16.9 Å². The molecule has 15 heavy (non-hydrogen) atoms. The van der Waals surface area contributed by atoms with Gasteiger partial charge in [-0.1, -0.05) is 0 Å². The molecular weight excluding hydrogens is 262 g/mol. The van der Waals surface area contributed by atoms with Crippen LogP contribution in [0.3, 0.4) is 0 Å². The average Bonchev–Trinajstić information content (AvgIpc) is 2.60. The summed E-state index contributed by atoms with van der Waals surface area (Å²) in [6.07, 6.45) is 3.31. The second-order valence-electron chi connectivity index (χ2n) is 2.91. The molecule has 0 fully saturated rings. The molecule has 7 heteroatoms. The first kappa shape index (κ1) is 10.2. The van der Waals surface area contributed by atoms with Gasteiger partial charge in [-0.25, -0.2) is 9.50 Å². The van der Waals surface area contributed by atoms with E-state index in [1.807, 2.05) is 0 Å². The van der Waals surface area contributed by atoms with Crippen LogP contribution in [0.25, 0.3) is 5.78 Å². The van der Waals surface area contributed by atoms with Gasteiger partial charge in [0.05, 0.1) is 11.0 Å². The van der Waals surface area contributed by atoms with E-state index in [0.717, 1.165) is 4.47 Å². The van der Waals surface area contributed by atoms with Crippen LogP contribution < -0.4 is 5.32 Å². The highest BCUT2D eigenvalue weighted by molar-refractivity contribution is 9.10. The monoisotopic (exact) mass is 269 g/mol. The Labute approximate surface area is 93.9 Å². The van der Waals surface area contributed by atoms with Gasteiger partial charge in [0.1, 0.15) is 0 Å². The lowest BCUT2D eigenvalue weighted by Gasteiger charge is -1.91. The number of nitrogens with one attached hydrogen (secondary N) is 1. The Kier molecular flexibility index (Phi) is 2.74. The van der Waals surface area contributed by atoms with Gasteiger partial charge in [-0.3, -0.25) is 4.79 Å². The summed E-state index contributed by atoms with van der Waals surface area (Å²) in [5, 5.41) is 6.77. The van der Waals surface area contributed by atoms with Crippen molar-refractivity contribution in [3.05, 3.63) is 22.7 Å². The smallest absolute Gasteiger partial charge is 0.252 e. The first-order valence-corrected chi connectivity index (χ1v) is 5.05. The number of carbonyl (C=O) groups is 1. The quantitative estimate of drug-likeness (QED) is 0.811. The fourth-order valence-corrected chi connectivity index (χ4v) is 1.41. The van der Waals surface area contributed by atoms with E-state index in [9.17, 15) is 4.79 Å². The summed E-state index contributed by atoms with van der Waals surface area (Å²) in [6.45, 7) is 0.220. The number of carbonyl (C=O) groups excluding carboxylic acids is 1. The zero-order chi connectivity index (χ0) is 10.8. The summed E-state index contributed by atoms with van der Waals surface area (Å²) < 4.78 is 2.25. The molecule has 2 heterocycles. The maximum absolute atomic E-state index is 11.5. The lowest BCUT2D eigenvalue weighted by Crippen LogP contribution is -2.19. The molecule has 2 aromatic rings. The average molecular weight is 270 g/mol.